The molecule has 0 N–H and O–H groups in total. The Morgan fingerprint density at radius 2 is 1.00 bits per heavy atom. The predicted octanol–water partition coefficient (Wildman–Crippen LogP) is 5.39. The van der Waals surface area contributed by atoms with Gasteiger partial charge < -0.3 is 4.57 Å². The van der Waals surface area contributed by atoms with Gasteiger partial charge in [0.15, 0.2) is 0 Å². The van der Waals surface area contributed by atoms with Crippen LogP contribution < -0.4 is 0 Å². The Bertz CT molecular complexity index is 1540. The summed E-state index contributed by atoms with van der Waals surface area (Å²) in [6, 6.07) is 10.2. The number of sulfonamides is 2. The second-order valence-electron chi connectivity index (χ2n) is 11.8. The third-order valence-electron chi connectivity index (χ3n) is 8.09. The van der Waals surface area contributed by atoms with Crippen LogP contribution >= 0.6 is 12.2 Å². The van der Waals surface area contributed by atoms with Crippen molar-refractivity contribution in [1.82, 2.24) is 13.2 Å². The highest BCUT2D eigenvalue weighted by Crippen LogP contribution is 2.33. The van der Waals surface area contributed by atoms with Gasteiger partial charge in [-0.15, -0.1) is 0 Å². The van der Waals surface area contributed by atoms with Gasteiger partial charge in [-0.25, -0.2) is 16.8 Å². The molecule has 2 aliphatic heterocycles. The summed E-state index contributed by atoms with van der Waals surface area (Å²) in [4.78, 5) is 0.439. The summed E-state index contributed by atoms with van der Waals surface area (Å²) in [6.07, 6.45) is 2.03. The van der Waals surface area contributed by atoms with Gasteiger partial charge in [-0.3, -0.25) is 0 Å². The first-order valence-electron chi connectivity index (χ1n) is 13.4. The fourth-order valence-electron chi connectivity index (χ4n) is 6.48. The van der Waals surface area contributed by atoms with Crippen LogP contribution in [-0.4, -0.2) is 56.2 Å². The maximum Gasteiger partial charge on any atom is 0.243 e. The number of piperidine rings is 2. The van der Waals surface area contributed by atoms with Crippen LogP contribution in [0, 0.1) is 28.2 Å². The highest BCUT2D eigenvalue weighted by Gasteiger charge is 2.33. The van der Waals surface area contributed by atoms with E-state index < -0.39 is 20.0 Å². The lowest BCUT2D eigenvalue weighted by molar-refractivity contribution is 0.222. The Hall–Kier alpha value is -1.85. The average Bonchev–Trinajstić information content (AvgIpc) is 2.85. The van der Waals surface area contributed by atoms with Crippen molar-refractivity contribution in [3.05, 3.63) is 40.9 Å². The van der Waals surface area contributed by atoms with E-state index in [1.807, 2.05) is 11.6 Å². The van der Waals surface area contributed by atoms with E-state index in [1.54, 1.807) is 45.0 Å². The number of hydrogen-bond acceptors (Lipinski definition) is 5. The number of rotatable bonds is 4. The van der Waals surface area contributed by atoms with Gasteiger partial charge in [0.1, 0.15) is 0 Å². The van der Waals surface area contributed by atoms with Crippen molar-refractivity contribution in [3.63, 3.8) is 0 Å². The molecular weight excluding hydrogens is 539 g/mol. The fourth-order valence-corrected chi connectivity index (χ4v) is 10.2. The summed E-state index contributed by atoms with van der Waals surface area (Å²) >= 11 is 5.88. The first-order chi connectivity index (χ1) is 17.8. The summed E-state index contributed by atoms with van der Waals surface area (Å²) in [5.41, 5.74) is 1.60. The molecule has 0 saturated carbocycles. The number of benzene rings is 2. The zero-order chi connectivity index (χ0) is 27.6. The standard InChI is InChI=1S/C28H37N3O4S3/c1-18-10-19(2)15-30(14-18)37(32,33)22-6-8-26-24(12-22)28(36)25-13-23(7-9-27(25)29(26)5)38(34,35)31-16-20(3)11-21(4)17-31/h6-9,12-13,18-21H,10-11,14-17H2,1-5H3. The topological polar surface area (TPSA) is 79.7 Å². The number of pyridine rings is 1. The molecule has 2 aliphatic rings. The summed E-state index contributed by atoms with van der Waals surface area (Å²) in [5.74, 6) is 1.21. The van der Waals surface area contributed by atoms with Gasteiger partial charge in [-0.2, -0.15) is 8.61 Å². The van der Waals surface area contributed by atoms with Crippen LogP contribution in [0.2, 0.25) is 0 Å². The van der Waals surface area contributed by atoms with Gasteiger partial charge in [0, 0.05) is 55.0 Å². The van der Waals surface area contributed by atoms with E-state index in [0.29, 0.717) is 65.1 Å². The molecule has 38 heavy (non-hydrogen) atoms. The monoisotopic (exact) mass is 575 g/mol. The van der Waals surface area contributed by atoms with Crippen LogP contribution in [0.25, 0.3) is 21.8 Å². The number of aromatic nitrogens is 1. The number of aryl methyl sites for hydroxylation is 1. The summed E-state index contributed by atoms with van der Waals surface area (Å²) < 4.78 is 60.0. The first kappa shape index (κ1) is 27.7. The number of hydrogen-bond donors (Lipinski definition) is 0. The normalized spacial score (nSPS) is 26.2. The predicted molar refractivity (Wildman–Crippen MR) is 155 cm³/mol. The van der Waals surface area contributed by atoms with Gasteiger partial charge in [-0.1, -0.05) is 39.9 Å². The van der Waals surface area contributed by atoms with E-state index in [0.717, 1.165) is 23.9 Å². The van der Waals surface area contributed by atoms with Crippen molar-refractivity contribution in [2.75, 3.05) is 26.2 Å². The maximum atomic E-state index is 13.6. The van der Waals surface area contributed by atoms with Crippen molar-refractivity contribution in [2.45, 2.75) is 50.3 Å². The molecule has 1 aromatic heterocycles. The summed E-state index contributed by atoms with van der Waals surface area (Å²) in [5, 5.41) is 1.26. The smallest absolute Gasteiger partial charge is 0.243 e. The average molecular weight is 576 g/mol. The molecule has 2 aromatic carbocycles. The highest BCUT2D eigenvalue weighted by molar-refractivity contribution is 7.89. The van der Waals surface area contributed by atoms with Crippen LogP contribution in [0.4, 0.5) is 0 Å². The van der Waals surface area contributed by atoms with E-state index in [4.69, 9.17) is 12.2 Å². The lowest BCUT2D eigenvalue weighted by Crippen LogP contribution is -2.42. The molecule has 7 nitrogen and oxygen atoms in total. The van der Waals surface area contributed by atoms with E-state index in [9.17, 15) is 16.8 Å². The van der Waals surface area contributed by atoms with Gasteiger partial charge in [0.25, 0.3) is 0 Å². The molecule has 10 heteroatoms. The molecule has 2 saturated heterocycles. The van der Waals surface area contributed by atoms with Crippen LogP contribution in [-0.2, 0) is 27.1 Å². The largest absolute Gasteiger partial charge is 0.344 e. The van der Waals surface area contributed by atoms with Crippen molar-refractivity contribution < 1.29 is 16.8 Å². The molecule has 2 fully saturated rings. The lowest BCUT2D eigenvalue weighted by atomic mass is 9.94. The molecule has 206 valence electrons. The second kappa shape index (κ2) is 9.96. The minimum Gasteiger partial charge on any atom is -0.344 e. The van der Waals surface area contributed by atoms with Crippen molar-refractivity contribution in [3.8, 4) is 0 Å². The fraction of sp³-hybridized carbons (Fsp3) is 0.536. The Labute approximate surface area is 231 Å². The molecule has 5 rings (SSSR count). The van der Waals surface area contributed by atoms with E-state index >= 15 is 0 Å². The van der Waals surface area contributed by atoms with Crippen LogP contribution in [0.15, 0.2) is 46.2 Å². The Morgan fingerprint density at radius 1 is 0.658 bits per heavy atom. The molecule has 0 aliphatic carbocycles. The third kappa shape index (κ3) is 4.83. The molecule has 3 heterocycles. The molecular formula is C28H37N3O4S3. The first-order valence-corrected chi connectivity index (χ1v) is 16.6. The van der Waals surface area contributed by atoms with Crippen molar-refractivity contribution in [1.29, 1.82) is 0 Å². The van der Waals surface area contributed by atoms with Gasteiger partial charge >= 0.3 is 0 Å². The van der Waals surface area contributed by atoms with Gasteiger partial charge in [0.2, 0.25) is 20.0 Å². The van der Waals surface area contributed by atoms with Crippen molar-refractivity contribution in [2.24, 2.45) is 30.7 Å². The Morgan fingerprint density at radius 3 is 1.34 bits per heavy atom. The third-order valence-corrected chi connectivity index (χ3v) is 12.2. The minimum absolute atomic E-state index is 0.219. The summed E-state index contributed by atoms with van der Waals surface area (Å²) in [7, 11) is -5.47. The molecule has 4 unspecified atom stereocenters. The zero-order valence-corrected chi connectivity index (χ0v) is 25.2. The van der Waals surface area contributed by atoms with E-state index in [1.165, 1.54) is 0 Å². The Kier molecular flexibility index (Phi) is 7.26. The quantitative estimate of drug-likeness (QED) is 0.308. The SMILES string of the molecule is CC1CC(C)CN(S(=O)(=O)c2ccc3c(c2)c(=S)c2cc(S(=O)(=O)N4CC(C)CC(C)C4)ccc2n3C)C1. The molecule has 0 radical (unpaired) electrons. The lowest BCUT2D eigenvalue weighted by Gasteiger charge is -2.34. The molecule has 0 spiro atoms. The Balaban J connectivity index is 1.62. The molecule has 3 aromatic rings. The van der Waals surface area contributed by atoms with Crippen LogP contribution in [0.3, 0.4) is 0 Å². The van der Waals surface area contributed by atoms with Gasteiger partial charge in [0.05, 0.1) is 14.3 Å². The second-order valence-corrected chi connectivity index (χ2v) is 16.1. The van der Waals surface area contributed by atoms with Crippen LogP contribution in [0.5, 0.6) is 0 Å². The van der Waals surface area contributed by atoms with Crippen LogP contribution in [0.1, 0.15) is 40.5 Å². The molecule has 4 atom stereocenters. The number of nitrogens with zero attached hydrogens (tertiary/aromatic N) is 3. The van der Waals surface area contributed by atoms with Gasteiger partial charge in [-0.05, 0) is 72.9 Å². The molecule has 0 bridgehead atoms. The molecule has 0 amide bonds. The maximum absolute atomic E-state index is 13.6. The van der Waals surface area contributed by atoms with E-state index in [2.05, 4.69) is 27.7 Å². The minimum atomic E-state index is -3.68. The van der Waals surface area contributed by atoms with Crippen molar-refractivity contribution >= 4 is 54.1 Å². The zero-order valence-electron chi connectivity index (χ0n) is 22.7. The highest BCUT2D eigenvalue weighted by atomic mass is 32.2. The van der Waals surface area contributed by atoms with E-state index in [-0.39, 0.29) is 9.79 Å². The number of fused-ring (bicyclic) bond motifs is 2. The summed E-state index contributed by atoms with van der Waals surface area (Å²) in [6.45, 7) is 10.4.